The van der Waals surface area contributed by atoms with E-state index in [9.17, 15) is 27.6 Å². The summed E-state index contributed by atoms with van der Waals surface area (Å²) in [4.78, 5) is 39.7. The van der Waals surface area contributed by atoms with Gasteiger partial charge in [0.2, 0.25) is 5.91 Å². The minimum atomic E-state index is -4.54. The number of ether oxygens (including phenoxy) is 1. The number of nitrogens with one attached hydrogen (secondary N) is 2. The molecule has 0 bridgehead atoms. The zero-order valence-corrected chi connectivity index (χ0v) is 15.8. The molecule has 0 fully saturated rings. The van der Waals surface area contributed by atoms with Crippen LogP contribution in [0.15, 0.2) is 58.1 Å². The van der Waals surface area contributed by atoms with Crippen LogP contribution in [0.5, 0.6) is 0 Å². The maximum absolute atomic E-state index is 13.0. The molecular weight excluding hydrogens is 403 g/mol. The van der Waals surface area contributed by atoms with Crippen molar-refractivity contribution in [3.8, 4) is 0 Å². The molecule has 1 heterocycles. The van der Waals surface area contributed by atoms with Crippen LogP contribution in [-0.2, 0) is 22.3 Å². The summed E-state index contributed by atoms with van der Waals surface area (Å²) < 4.78 is 44.7. The highest BCUT2D eigenvalue weighted by Crippen LogP contribution is 2.30. The number of methoxy groups -OCH3 is 1. The minimum absolute atomic E-state index is 0.101. The molecule has 0 radical (unpaired) electrons. The fourth-order valence-corrected chi connectivity index (χ4v) is 3.05. The second kappa shape index (κ2) is 8.54. The van der Waals surface area contributed by atoms with Crippen molar-refractivity contribution in [3.63, 3.8) is 0 Å². The molecule has 3 aromatic rings. The predicted molar refractivity (Wildman–Crippen MR) is 103 cm³/mol. The van der Waals surface area contributed by atoms with Crippen LogP contribution < -0.4 is 16.6 Å². The molecule has 1 unspecified atom stereocenters. The Morgan fingerprint density at radius 1 is 1.17 bits per heavy atom. The topological polar surface area (TPSA) is 93.2 Å². The summed E-state index contributed by atoms with van der Waals surface area (Å²) in [5, 5.41) is 2.75. The van der Waals surface area contributed by atoms with E-state index in [1.54, 1.807) is 18.2 Å². The number of para-hydroxylation sites is 1. The van der Waals surface area contributed by atoms with E-state index in [2.05, 4.69) is 10.3 Å². The molecule has 0 aliphatic rings. The molecule has 0 aliphatic carbocycles. The first kappa shape index (κ1) is 21.3. The van der Waals surface area contributed by atoms with Crippen LogP contribution >= 0.6 is 0 Å². The van der Waals surface area contributed by atoms with Crippen LogP contribution in [0.4, 0.5) is 13.2 Å². The Morgan fingerprint density at radius 2 is 1.90 bits per heavy atom. The van der Waals surface area contributed by atoms with Crippen molar-refractivity contribution >= 4 is 16.8 Å². The van der Waals surface area contributed by atoms with Gasteiger partial charge in [-0.2, -0.15) is 13.2 Å². The van der Waals surface area contributed by atoms with E-state index in [1.807, 2.05) is 0 Å². The third-order valence-corrected chi connectivity index (χ3v) is 4.48. The summed E-state index contributed by atoms with van der Waals surface area (Å²) in [7, 11) is 1.34. The minimum Gasteiger partial charge on any atom is -0.382 e. The molecule has 158 valence electrons. The van der Waals surface area contributed by atoms with Gasteiger partial charge in [-0.05, 0) is 29.8 Å². The van der Waals surface area contributed by atoms with Crippen LogP contribution in [0.25, 0.3) is 10.9 Å². The molecule has 0 spiro atoms. The fourth-order valence-electron chi connectivity index (χ4n) is 3.05. The number of carbonyl (C=O) groups excluding carboxylic acids is 1. The lowest BCUT2D eigenvalue weighted by Crippen LogP contribution is -2.42. The smallest absolute Gasteiger partial charge is 0.382 e. The van der Waals surface area contributed by atoms with E-state index >= 15 is 0 Å². The highest BCUT2D eigenvalue weighted by atomic mass is 19.4. The number of nitrogens with zero attached hydrogens (tertiary/aromatic N) is 1. The normalized spacial score (nSPS) is 12.7. The van der Waals surface area contributed by atoms with E-state index in [-0.39, 0.29) is 17.6 Å². The molecule has 30 heavy (non-hydrogen) atoms. The van der Waals surface area contributed by atoms with Crippen LogP contribution in [0.2, 0.25) is 0 Å². The van der Waals surface area contributed by atoms with Gasteiger partial charge in [0.05, 0.1) is 29.1 Å². The summed E-state index contributed by atoms with van der Waals surface area (Å²) in [5.74, 6) is -0.725. The van der Waals surface area contributed by atoms with Crippen molar-refractivity contribution in [2.75, 3.05) is 13.7 Å². The molecule has 3 rings (SSSR count). The van der Waals surface area contributed by atoms with Crippen molar-refractivity contribution in [2.24, 2.45) is 0 Å². The summed E-state index contributed by atoms with van der Waals surface area (Å²) in [6.45, 7) is -0.700. The largest absolute Gasteiger partial charge is 0.416 e. The highest BCUT2D eigenvalue weighted by molar-refractivity contribution is 5.79. The fraction of sp³-hybridized carbons (Fsp3) is 0.250. The van der Waals surface area contributed by atoms with Gasteiger partial charge in [0.1, 0.15) is 6.54 Å². The molecule has 10 heteroatoms. The molecule has 1 atom stereocenters. The van der Waals surface area contributed by atoms with Crippen molar-refractivity contribution in [1.82, 2.24) is 14.9 Å². The van der Waals surface area contributed by atoms with Crippen LogP contribution in [0, 0.1) is 0 Å². The average molecular weight is 421 g/mol. The summed E-state index contributed by atoms with van der Waals surface area (Å²) >= 11 is 0. The van der Waals surface area contributed by atoms with E-state index in [0.29, 0.717) is 5.52 Å². The summed E-state index contributed by atoms with van der Waals surface area (Å²) in [6.07, 6.45) is -4.54. The van der Waals surface area contributed by atoms with Gasteiger partial charge in [-0.1, -0.05) is 24.3 Å². The molecule has 1 amide bonds. The number of fused-ring (bicyclic) bond motifs is 1. The quantitative estimate of drug-likeness (QED) is 0.638. The number of hydrogen-bond acceptors (Lipinski definition) is 4. The lowest BCUT2D eigenvalue weighted by Gasteiger charge is -2.20. The maximum atomic E-state index is 13.0. The number of halogens is 3. The zero-order valence-electron chi connectivity index (χ0n) is 15.8. The number of aromatic amines is 1. The molecule has 2 N–H and O–H groups in total. The number of alkyl halides is 3. The Balaban J connectivity index is 1.86. The summed E-state index contributed by atoms with van der Waals surface area (Å²) in [6, 6.07) is 9.93. The Kier molecular flexibility index (Phi) is 6.06. The number of hydrogen-bond donors (Lipinski definition) is 2. The lowest BCUT2D eigenvalue weighted by atomic mass is 10.0. The molecule has 7 nitrogen and oxygen atoms in total. The Bertz CT molecular complexity index is 1180. The molecular formula is C20H18F3N3O4. The van der Waals surface area contributed by atoms with Crippen molar-refractivity contribution < 1.29 is 22.7 Å². The first-order valence-corrected chi connectivity index (χ1v) is 8.88. The van der Waals surface area contributed by atoms with E-state index in [4.69, 9.17) is 4.74 Å². The SMILES string of the molecule is COCC(NC(=O)Cn1c(=O)[nH]c2ccccc2c1=O)c1cccc(C(F)(F)F)c1. The Morgan fingerprint density at radius 3 is 2.60 bits per heavy atom. The third-order valence-electron chi connectivity index (χ3n) is 4.48. The van der Waals surface area contributed by atoms with Gasteiger partial charge in [-0.3, -0.25) is 14.2 Å². The van der Waals surface area contributed by atoms with E-state index < -0.39 is 41.5 Å². The standard InChI is InChI=1S/C20H18F3N3O4/c1-30-11-16(12-5-4-6-13(9-12)20(21,22)23)24-17(27)10-26-18(28)14-7-2-3-8-15(14)25-19(26)29/h2-9,16H,10-11H2,1H3,(H,24,27)(H,25,29). The first-order chi connectivity index (χ1) is 14.2. The summed E-state index contributed by atoms with van der Waals surface area (Å²) in [5.41, 5.74) is -1.76. The van der Waals surface area contributed by atoms with Gasteiger partial charge >= 0.3 is 11.9 Å². The molecule has 0 saturated heterocycles. The van der Waals surface area contributed by atoms with Crippen molar-refractivity contribution in [2.45, 2.75) is 18.8 Å². The van der Waals surface area contributed by atoms with E-state index in [1.165, 1.54) is 25.3 Å². The highest BCUT2D eigenvalue weighted by Gasteiger charge is 2.31. The van der Waals surface area contributed by atoms with Crippen molar-refractivity contribution in [3.05, 3.63) is 80.5 Å². The zero-order chi connectivity index (χ0) is 21.9. The van der Waals surface area contributed by atoms with Gasteiger partial charge in [-0.25, -0.2) is 4.79 Å². The van der Waals surface area contributed by atoms with Gasteiger partial charge in [-0.15, -0.1) is 0 Å². The number of amides is 1. The number of aromatic nitrogens is 2. The number of carbonyl (C=O) groups is 1. The molecule has 0 saturated carbocycles. The van der Waals surface area contributed by atoms with Gasteiger partial charge < -0.3 is 15.0 Å². The van der Waals surface area contributed by atoms with Gasteiger partial charge in [0.25, 0.3) is 5.56 Å². The van der Waals surface area contributed by atoms with Crippen LogP contribution in [-0.4, -0.2) is 29.2 Å². The van der Waals surface area contributed by atoms with Crippen molar-refractivity contribution in [1.29, 1.82) is 0 Å². The second-order valence-corrected chi connectivity index (χ2v) is 6.57. The lowest BCUT2D eigenvalue weighted by molar-refractivity contribution is -0.137. The van der Waals surface area contributed by atoms with Crippen LogP contribution in [0.1, 0.15) is 17.2 Å². The monoisotopic (exact) mass is 421 g/mol. The number of benzene rings is 2. The van der Waals surface area contributed by atoms with Gasteiger partial charge in [0, 0.05) is 7.11 Å². The second-order valence-electron chi connectivity index (χ2n) is 6.57. The first-order valence-electron chi connectivity index (χ1n) is 8.88. The average Bonchev–Trinajstić information content (AvgIpc) is 2.70. The predicted octanol–water partition coefficient (Wildman–Crippen LogP) is 2.21. The number of H-pyrrole nitrogens is 1. The number of rotatable bonds is 6. The van der Waals surface area contributed by atoms with Gasteiger partial charge in [0.15, 0.2) is 0 Å². The maximum Gasteiger partial charge on any atom is 0.416 e. The third kappa shape index (κ3) is 4.60. The molecule has 0 aliphatic heterocycles. The molecule has 1 aromatic heterocycles. The van der Waals surface area contributed by atoms with E-state index in [0.717, 1.165) is 16.7 Å². The Labute approximate surface area is 168 Å². The molecule has 2 aromatic carbocycles. The van der Waals surface area contributed by atoms with Crippen LogP contribution in [0.3, 0.4) is 0 Å². The Hall–Kier alpha value is -3.40.